The van der Waals surface area contributed by atoms with Gasteiger partial charge >= 0.3 is 5.57 Å². The van der Waals surface area contributed by atoms with Crippen molar-refractivity contribution >= 4 is 34.9 Å². The highest BCUT2D eigenvalue weighted by atomic mass is 35.5. The first kappa shape index (κ1) is 21.6. The van der Waals surface area contributed by atoms with Gasteiger partial charge in [-0.15, -0.1) is 8.78 Å². The summed E-state index contributed by atoms with van der Waals surface area (Å²) in [5.41, 5.74) is -0.526. The number of benzene rings is 1. The molecule has 2 amide bonds. The molecule has 11 heteroatoms. The van der Waals surface area contributed by atoms with Gasteiger partial charge in [0.05, 0.1) is 11.3 Å². The highest BCUT2D eigenvalue weighted by Crippen LogP contribution is 2.32. The van der Waals surface area contributed by atoms with E-state index in [9.17, 15) is 18.4 Å². The molecule has 3 N–H and O–H groups in total. The van der Waals surface area contributed by atoms with Gasteiger partial charge in [0.25, 0.3) is 11.8 Å². The first-order valence-corrected chi connectivity index (χ1v) is 9.83. The molecule has 0 saturated heterocycles. The number of hydrogen-bond acceptors (Lipinski definition) is 5. The standard InChI is InChI=1S/C21H18ClF2N5O3/c1-29(2)18-15(16-8-11-9-26-20(31)17(11)28-16)7-12(10-25-18)19(30)27-13-3-5-14(6-4-13)32-21(22,23)24/h3-8,10,28H,9H2,1-2H3,(H,26,31)(H,27,30). The SMILES string of the molecule is CN(C)c1ncc(C(=O)Nc2ccc(OC(F)(F)Cl)cc2)cc1-c1cc2c([nH]1)C(=O)NC2. The van der Waals surface area contributed by atoms with E-state index in [2.05, 4.69) is 25.3 Å². The molecule has 0 saturated carbocycles. The molecule has 3 heterocycles. The molecule has 1 aliphatic heterocycles. The van der Waals surface area contributed by atoms with Crippen LogP contribution in [0.1, 0.15) is 26.4 Å². The third-order valence-electron chi connectivity index (χ3n) is 4.75. The van der Waals surface area contributed by atoms with Crippen LogP contribution >= 0.6 is 11.6 Å². The van der Waals surface area contributed by atoms with E-state index in [4.69, 9.17) is 11.6 Å². The van der Waals surface area contributed by atoms with E-state index < -0.39 is 11.5 Å². The summed E-state index contributed by atoms with van der Waals surface area (Å²) in [4.78, 5) is 34.0. The quantitative estimate of drug-likeness (QED) is 0.485. The first-order chi connectivity index (χ1) is 15.1. The molecular formula is C21H18ClF2N5O3. The first-order valence-electron chi connectivity index (χ1n) is 9.46. The number of pyridine rings is 1. The van der Waals surface area contributed by atoms with Crippen LogP contribution in [-0.2, 0) is 6.54 Å². The molecule has 166 valence electrons. The number of H-pyrrole nitrogens is 1. The number of carbonyl (C=O) groups excluding carboxylic acids is 2. The maximum absolute atomic E-state index is 12.8. The average molecular weight is 462 g/mol. The van der Waals surface area contributed by atoms with Gasteiger partial charge in [0.2, 0.25) is 0 Å². The van der Waals surface area contributed by atoms with Gasteiger partial charge in [0, 0.05) is 55.3 Å². The van der Waals surface area contributed by atoms with Gasteiger partial charge < -0.3 is 25.3 Å². The Bertz CT molecular complexity index is 1190. The lowest BCUT2D eigenvalue weighted by molar-refractivity contribution is -0.0964. The van der Waals surface area contributed by atoms with E-state index >= 15 is 0 Å². The van der Waals surface area contributed by atoms with Crippen LogP contribution in [0.25, 0.3) is 11.3 Å². The Hall–Kier alpha value is -3.66. The molecule has 0 unspecified atom stereocenters. The lowest BCUT2D eigenvalue weighted by Gasteiger charge is -2.17. The van der Waals surface area contributed by atoms with Crippen LogP contribution < -0.4 is 20.3 Å². The van der Waals surface area contributed by atoms with Crippen LogP contribution in [0.15, 0.2) is 42.6 Å². The summed E-state index contributed by atoms with van der Waals surface area (Å²) in [5.74, 6) is -0.160. The van der Waals surface area contributed by atoms with Crippen LogP contribution in [0.5, 0.6) is 5.75 Å². The fraction of sp³-hybridized carbons (Fsp3) is 0.190. The number of alkyl halides is 3. The predicted octanol–water partition coefficient (Wildman–Crippen LogP) is 3.81. The van der Waals surface area contributed by atoms with Gasteiger partial charge in [-0.25, -0.2) is 4.98 Å². The van der Waals surface area contributed by atoms with E-state index in [0.717, 1.165) is 5.56 Å². The average Bonchev–Trinajstić information content (AvgIpc) is 3.30. The van der Waals surface area contributed by atoms with Gasteiger partial charge in [-0.2, -0.15) is 0 Å². The number of anilines is 2. The Labute approximate surface area is 186 Å². The van der Waals surface area contributed by atoms with E-state index in [-0.39, 0.29) is 17.2 Å². The lowest BCUT2D eigenvalue weighted by atomic mass is 10.1. The van der Waals surface area contributed by atoms with Crippen molar-refractivity contribution in [1.82, 2.24) is 15.3 Å². The second-order valence-electron chi connectivity index (χ2n) is 7.28. The van der Waals surface area contributed by atoms with Crippen molar-refractivity contribution in [2.45, 2.75) is 12.1 Å². The van der Waals surface area contributed by atoms with Crippen molar-refractivity contribution < 1.29 is 23.1 Å². The molecule has 0 fully saturated rings. The Morgan fingerprint density at radius 1 is 1.25 bits per heavy atom. The maximum atomic E-state index is 12.8. The molecule has 2 aromatic heterocycles. The summed E-state index contributed by atoms with van der Waals surface area (Å²) < 4.78 is 29.7. The number of halogens is 3. The van der Waals surface area contributed by atoms with Crippen molar-refractivity contribution in [3.05, 3.63) is 59.4 Å². The Morgan fingerprint density at radius 3 is 2.59 bits per heavy atom. The van der Waals surface area contributed by atoms with Gasteiger partial charge in [0.1, 0.15) is 17.3 Å². The summed E-state index contributed by atoms with van der Waals surface area (Å²) in [6, 6.07) is 8.86. The minimum Gasteiger partial charge on any atom is -0.420 e. The zero-order chi connectivity index (χ0) is 23.0. The predicted molar refractivity (Wildman–Crippen MR) is 115 cm³/mol. The maximum Gasteiger partial charge on any atom is 0.487 e. The molecule has 4 rings (SSSR count). The number of fused-ring (bicyclic) bond motifs is 1. The van der Waals surface area contributed by atoms with Gasteiger partial charge in [-0.05, 0) is 36.4 Å². The Morgan fingerprint density at radius 2 is 1.97 bits per heavy atom. The molecule has 3 aromatic rings. The second-order valence-corrected chi connectivity index (χ2v) is 7.72. The molecule has 1 aliphatic rings. The molecule has 32 heavy (non-hydrogen) atoms. The monoisotopic (exact) mass is 461 g/mol. The number of aromatic amines is 1. The summed E-state index contributed by atoms with van der Waals surface area (Å²) in [7, 11) is 3.64. The summed E-state index contributed by atoms with van der Waals surface area (Å²) in [5, 5.41) is 5.41. The van der Waals surface area contributed by atoms with E-state index in [1.807, 2.05) is 20.2 Å². The molecule has 8 nitrogen and oxygen atoms in total. The molecule has 0 aliphatic carbocycles. The van der Waals surface area contributed by atoms with E-state index in [1.54, 1.807) is 11.0 Å². The molecule has 1 aromatic carbocycles. The largest absolute Gasteiger partial charge is 0.487 e. The van der Waals surface area contributed by atoms with Crippen LogP contribution in [0, 0.1) is 0 Å². The normalized spacial score (nSPS) is 12.8. The van der Waals surface area contributed by atoms with Crippen LogP contribution in [0.4, 0.5) is 20.3 Å². The topological polar surface area (TPSA) is 99.3 Å². The van der Waals surface area contributed by atoms with Crippen molar-refractivity contribution in [3.8, 4) is 17.0 Å². The van der Waals surface area contributed by atoms with Crippen molar-refractivity contribution in [2.24, 2.45) is 0 Å². The van der Waals surface area contributed by atoms with E-state index in [0.29, 0.717) is 35.0 Å². The lowest BCUT2D eigenvalue weighted by Crippen LogP contribution is -2.17. The smallest absolute Gasteiger partial charge is 0.420 e. The molecule has 0 spiro atoms. The molecular weight excluding hydrogens is 444 g/mol. The highest BCUT2D eigenvalue weighted by molar-refractivity contribution is 6.20. The fourth-order valence-electron chi connectivity index (χ4n) is 3.33. The minimum atomic E-state index is -3.82. The molecule has 0 radical (unpaired) electrons. The van der Waals surface area contributed by atoms with Crippen LogP contribution in [0.2, 0.25) is 0 Å². The third-order valence-corrected chi connectivity index (χ3v) is 4.83. The van der Waals surface area contributed by atoms with Crippen LogP contribution in [-0.4, -0.2) is 41.4 Å². The number of aromatic nitrogens is 2. The Balaban J connectivity index is 1.59. The van der Waals surface area contributed by atoms with Crippen molar-refractivity contribution in [1.29, 1.82) is 0 Å². The third kappa shape index (κ3) is 4.50. The number of carbonyl (C=O) groups is 2. The van der Waals surface area contributed by atoms with Gasteiger partial charge in [0.15, 0.2) is 0 Å². The minimum absolute atomic E-state index is 0.147. The molecule has 0 bridgehead atoms. The summed E-state index contributed by atoms with van der Waals surface area (Å²) in [6.45, 7) is 0.435. The Kier molecular flexibility index (Phi) is 5.47. The van der Waals surface area contributed by atoms with E-state index in [1.165, 1.54) is 30.5 Å². The fourth-order valence-corrected chi connectivity index (χ4v) is 3.42. The number of nitrogens with zero attached hydrogens (tertiary/aromatic N) is 2. The zero-order valence-corrected chi connectivity index (χ0v) is 17.8. The second kappa shape index (κ2) is 8.12. The molecule has 0 atom stereocenters. The number of hydrogen-bond donors (Lipinski definition) is 3. The zero-order valence-electron chi connectivity index (χ0n) is 17.0. The summed E-state index contributed by atoms with van der Waals surface area (Å²) >= 11 is 4.74. The number of ether oxygens (including phenoxy) is 1. The van der Waals surface area contributed by atoms with Crippen molar-refractivity contribution in [2.75, 3.05) is 24.3 Å². The van der Waals surface area contributed by atoms with Crippen molar-refractivity contribution in [3.63, 3.8) is 0 Å². The van der Waals surface area contributed by atoms with Gasteiger partial charge in [-0.1, -0.05) is 0 Å². The number of amides is 2. The highest BCUT2D eigenvalue weighted by Gasteiger charge is 2.27. The summed E-state index contributed by atoms with van der Waals surface area (Å²) in [6.07, 6.45) is 1.43. The number of nitrogens with one attached hydrogen (secondary N) is 3. The van der Waals surface area contributed by atoms with Gasteiger partial charge in [-0.3, -0.25) is 9.59 Å². The van der Waals surface area contributed by atoms with Crippen LogP contribution in [0.3, 0.4) is 0 Å². The number of rotatable bonds is 6.